The maximum absolute atomic E-state index is 11.9. The Morgan fingerprint density at radius 2 is 2.26 bits per heavy atom. The number of rotatable bonds is 3. The Kier molecular flexibility index (Phi) is 4.94. The fourth-order valence-corrected chi connectivity index (χ4v) is 5.24. The average Bonchev–Trinajstić information content (AvgIpc) is 3.32. The fraction of sp³-hybridized carbons (Fsp3) is 0.368. The van der Waals surface area contributed by atoms with E-state index in [9.17, 15) is 4.79 Å². The molecule has 1 aromatic heterocycles. The summed E-state index contributed by atoms with van der Waals surface area (Å²) in [5.41, 5.74) is 2.41. The number of thiazole rings is 1. The molecule has 1 saturated heterocycles. The molecule has 8 heteroatoms. The third-order valence-corrected chi connectivity index (χ3v) is 6.88. The monoisotopic (exact) mass is 466 g/mol. The summed E-state index contributed by atoms with van der Waals surface area (Å²) in [4.78, 5) is 20.5. The van der Waals surface area contributed by atoms with Crippen molar-refractivity contribution in [1.82, 2.24) is 9.88 Å². The van der Waals surface area contributed by atoms with Gasteiger partial charge in [-0.2, -0.15) is 0 Å². The summed E-state index contributed by atoms with van der Waals surface area (Å²) in [7, 11) is 0. The van der Waals surface area contributed by atoms with Crippen molar-refractivity contribution >= 4 is 55.6 Å². The standard InChI is InChI=1S/C19H20BrClN4OS/c1-3-17(23-18-22-9-16(21)27-18)25-11-19(6-7-24(10-19)12(2)26)14-8-13(20)4-5-15(14)25/h3-5,8-9H,6-7,10-11H2,1-2H3,(H,22,23)/t19-/m1/s1. The highest BCUT2D eigenvalue weighted by molar-refractivity contribution is 9.10. The van der Waals surface area contributed by atoms with Gasteiger partial charge in [0.2, 0.25) is 5.91 Å². The molecule has 0 radical (unpaired) electrons. The zero-order valence-electron chi connectivity index (χ0n) is 15.1. The van der Waals surface area contributed by atoms with Crippen molar-refractivity contribution in [1.29, 1.82) is 0 Å². The van der Waals surface area contributed by atoms with Crippen molar-refractivity contribution in [3.63, 3.8) is 0 Å². The van der Waals surface area contributed by atoms with Crippen LogP contribution >= 0.6 is 38.9 Å². The first kappa shape index (κ1) is 18.8. The van der Waals surface area contributed by atoms with Crippen molar-refractivity contribution < 1.29 is 4.79 Å². The molecule has 2 aromatic rings. The Balaban J connectivity index is 1.70. The van der Waals surface area contributed by atoms with E-state index in [1.807, 2.05) is 11.8 Å². The van der Waals surface area contributed by atoms with Crippen LogP contribution in [0.15, 0.2) is 40.8 Å². The highest BCUT2D eigenvalue weighted by Gasteiger charge is 2.48. The van der Waals surface area contributed by atoms with E-state index < -0.39 is 0 Å². The highest BCUT2D eigenvalue weighted by Crippen LogP contribution is 2.48. The van der Waals surface area contributed by atoms with E-state index in [1.54, 1.807) is 13.1 Å². The van der Waals surface area contributed by atoms with Gasteiger partial charge in [0, 0.05) is 42.1 Å². The summed E-state index contributed by atoms with van der Waals surface area (Å²) in [6, 6.07) is 6.41. The smallest absolute Gasteiger partial charge is 0.219 e. The molecular formula is C19H20BrClN4OS. The SMILES string of the molecule is CC=C(Nc1ncc(Cl)s1)N1C[C@]2(CCN(C(C)=O)C2)c2cc(Br)ccc21. The first-order valence-electron chi connectivity index (χ1n) is 8.80. The molecule has 1 spiro atoms. The molecule has 1 aromatic carbocycles. The second-order valence-electron chi connectivity index (χ2n) is 6.99. The molecule has 0 unspecified atom stereocenters. The van der Waals surface area contributed by atoms with E-state index in [2.05, 4.69) is 55.4 Å². The largest absolute Gasteiger partial charge is 0.342 e. The summed E-state index contributed by atoms with van der Waals surface area (Å²) < 4.78 is 1.72. The van der Waals surface area contributed by atoms with Crippen molar-refractivity contribution in [3.05, 3.63) is 50.7 Å². The first-order valence-corrected chi connectivity index (χ1v) is 10.8. The lowest BCUT2D eigenvalue weighted by Gasteiger charge is -2.27. The predicted octanol–water partition coefficient (Wildman–Crippen LogP) is 4.84. The summed E-state index contributed by atoms with van der Waals surface area (Å²) >= 11 is 11.1. The number of nitrogens with one attached hydrogen (secondary N) is 1. The average molecular weight is 468 g/mol. The second-order valence-corrected chi connectivity index (χ2v) is 9.56. The third-order valence-electron chi connectivity index (χ3n) is 5.36. The van der Waals surface area contributed by atoms with Gasteiger partial charge in [0.15, 0.2) is 5.13 Å². The number of nitrogens with zero attached hydrogens (tertiary/aromatic N) is 3. The first-order chi connectivity index (χ1) is 12.9. The van der Waals surface area contributed by atoms with Gasteiger partial charge < -0.3 is 15.1 Å². The van der Waals surface area contributed by atoms with E-state index in [1.165, 1.54) is 22.6 Å². The van der Waals surface area contributed by atoms with Gasteiger partial charge in [0.25, 0.3) is 0 Å². The lowest BCUT2D eigenvalue weighted by Crippen LogP contribution is -2.38. The minimum absolute atomic E-state index is 0.0543. The molecule has 4 rings (SSSR count). The van der Waals surface area contributed by atoms with Crippen LogP contribution in [0, 0.1) is 0 Å². The number of likely N-dealkylation sites (tertiary alicyclic amines) is 1. The lowest BCUT2D eigenvalue weighted by molar-refractivity contribution is -0.127. The minimum Gasteiger partial charge on any atom is -0.342 e. The minimum atomic E-state index is -0.0543. The van der Waals surface area contributed by atoms with E-state index in [0.717, 1.165) is 41.5 Å². The molecule has 2 aliphatic heterocycles. The van der Waals surface area contributed by atoms with Crippen LogP contribution in [0.1, 0.15) is 25.8 Å². The van der Waals surface area contributed by atoms with Gasteiger partial charge in [-0.05, 0) is 43.2 Å². The number of fused-ring (bicyclic) bond motifs is 2. The van der Waals surface area contributed by atoms with Crippen LogP contribution in [0.25, 0.3) is 0 Å². The Morgan fingerprint density at radius 3 is 2.89 bits per heavy atom. The number of amides is 1. The van der Waals surface area contributed by atoms with Crippen molar-refractivity contribution in [2.24, 2.45) is 0 Å². The number of allylic oxidation sites excluding steroid dienone is 1. The van der Waals surface area contributed by atoms with Gasteiger partial charge in [-0.15, -0.1) is 0 Å². The maximum Gasteiger partial charge on any atom is 0.219 e. The van der Waals surface area contributed by atoms with Crippen molar-refractivity contribution in [2.75, 3.05) is 29.9 Å². The van der Waals surface area contributed by atoms with Gasteiger partial charge in [-0.25, -0.2) is 4.98 Å². The van der Waals surface area contributed by atoms with Gasteiger partial charge in [0.05, 0.1) is 6.20 Å². The Hall–Kier alpha value is -1.57. The molecule has 1 fully saturated rings. The van der Waals surface area contributed by atoms with Gasteiger partial charge >= 0.3 is 0 Å². The van der Waals surface area contributed by atoms with Gasteiger partial charge in [-0.3, -0.25) is 4.79 Å². The summed E-state index contributed by atoms with van der Waals surface area (Å²) in [6.45, 7) is 6.04. The molecule has 3 heterocycles. The van der Waals surface area contributed by atoms with E-state index in [0.29, 0.717) is 4.34 Å². The molecule has 27 heavy (non-hydrogen) atoms. The maximum atomic E-state index is 11.9. The molecule has 5 nitrogen and oxygen atoms in total. The van der Waals surface area contributed by atoms with E-state index in [4.69, 9.17) is 11.6 Å². The molecule has 0 saturated carbocycles. The van der Waals surface area contributed by atoms with Crippen LogP contribution in [0.4, 0.5) is 10.8 Å². The third kappa shape index (κ3) is 3.37. The van der Waals surface area contributed by atoms with Crippen LogP contribution < -0.4 is 10.2 Å². The fourth-order valence-electron chi connectivity index (χ4n) is 4.06. The molecular weight excluding hydrogens is 448 g/mol. The predicted molar refractivity (Wildman–Crippen MR) is 115 cm³/mol. The topological polar surface area (TPSA) is 48.5 Å². The lowest BCUT2D eigenvalue weighted by atomic mass is 9.81. The van der Waals surface area contributed by atoms with E-state index >= 15 is 0 Å². The normalized spacial score (nSPS) is 21.9. The van der Waals surface area contributed by atoms with Crippen molar-refractivity contribution in [2.45, 2.75) is 25.7 Å². The van der Waals surface area contributed by atoms with Crippen LogP contribution in [-0.4, -0.2) is 35.4 Å². The Labute approximate surface area is 176 Å². The summed E-state index contributed by atoms with van der Waals surface area (Å²) in [5.74, 6) is 1.12. The molecule has 142 valence electrons. The molecule has 1 atom stereocenters. The molecule has 1 N–H and O–H groups in total. The van der Waals surface area contributed by atoms with Crippen LogP contribution in [0.2, 0.25) is 4.34 Å². The number of anilines is 2. The van der Waals surface area contributed by atoms with E-state index in [-0.39, 0.29) is 11.3 Å². The number of benzene rings is 1. The quantitative estimate of drug-likeness (QED) is 0.701. The molecule has 0 bridgehead atoms. The Morgan fingerprint density at radius 1 is 1.44 bits per heavy atom. The van der Waals surface area contributed by atoms with Gasteiger partial charge in [0.1, 0.15) is 10.2 Å². The Bertz CT molecular complexity index is 930. The number of aromatic nitrogens is 1. The van der Waals surface area contributed by atoms with Crippen LogP contribution in [-0.2, 0) is 10.2 Å². The summed E-state index contributed by atoms with van der Waals surface area (Å²) in [6.07, 6.45) is 4.67. The summed E-state index contributed by atoms with van der Waals surface area (Å²) in [5, 5.41) is 4.17. The van der Waals surface area contributed by atoms with Crippen molar-refractivity contribution in [3.8, 4) is 0 Å². The van der Waals surface area contributed by atoms with Crippen LogP contribution in [0.3, 0.4) is 0 Å². The number of hydrogen-bond donors (Lipinski definition) is 1. The molecule has 2 aliphatic rings. The highest BCUT2D eigenvalue weighted by atomic mass is 79.9. The molecule has 0 aliphatic carbocycles. The molecule has 1 amide bonds. The van der Waals surface area contributed by atoms with Crippen LogP contribution in [0.5, 0.6) is 0 Å². The number of carbonyl (C=O) groups excluding carboxylic acids is 1. The number of carbonyl (C=O) groups is 1. The number of halogens is 2. The number of hydrogen-bond acceptors (Lipinski definition) is 5. The zero-order valence-corrected chi connectivity index (χ0v) is 18.3. The zero-order chi connectivity index (χ0) is 19.2. The van der Waals surface area contributed by atoms with Gasteiger partial charge in [-0.1, -0.05) is 38.9 Å². The second kappa shape index (κ2) is 7.11.